The van der Waals surface area contributed by atoms with Crippen molar-refractivity contribution in [3.05, 3.63) is 47.5 Å². The molecule has 0 bridgehead atoms. The Bertz CT molecular complexity index is 647. The van der Waals surface area contributed by atoms with Crippen LogP contribution in [0.5, 0.6) is 0 Å². The van der Waals surface area contributed by atoms with Crippen molar-refractivity contribution in [2.45, 2.75) is 83.2 Å². The molecule has 2 N–H and O–H groups in total. The van der Waals surface area contributed by atoms with Crippen LogP contribution in [-0.2, 0) is 9.59 Å². The zero-order valence-corrected chi connectivity index (χ0v) is 17.0. The van der Waals surface area contributed by atoms with E-state index in [1.165, 1.54) is 0 Å². The normalized spacial score (nSPS) is 20.7. The monoisotopic (exact) mass is 386 g/mol. The molecule has 4 nitrogen and oxygen atoms in total. The highest BCUT2D eigenvalue weighted by molar-refractivity contribution is 5.88. The van der Waals surface area contributed by atoms with Crippen molar-refractivity contribution in [2.24, 2.45) is 5.92 Å². The molecule has 154 valence electrons. The Morgan fingerprint density at radius 2 is 1.93 bits per heavy atom. The quantitative estimate of drug-likeness (QED) is 0.364. The fourth-order valence-corrected chi connectivity index (χ4v) is 4.06. The molecule has 0 spiro atoms. The van der Waals surface area contributed by atoms with Gasteiger partial charge in [-0.15, -0.1) is 0 Å². The minimum atomic E-state index is -0.756. The molecule has 1 aliphatic carbocycles. The Morgan fingerprint density at radius 3 is 2.61 bits per heavy atom. The van der Waals surface area contributed by atoms with E-state index in [1.54, 1.807) is 0 Å². The smallest absolute Gasteiger partial charge is 0.303 e. The van der Waals surface area contributed by atoms with Gasteiger partial charge in [0, 0.05) is 18.8 Å². The van der Waals surface area contributed by atoms with E-state index >= 15 is 0 Å². The maximum Gasteiger partial charge on any atom is 0.303 e. The van der Waals surface area contributed by atoms with Crippen molar-refractivity contribution < 1.29 is 19.8 Å². The van der Waals surface area contributed by atoms with Crippen molar-refractivity contribution in [1.29, 1.82) is 0 Å². The fourth-order valence-electron chi connectivity index (χ4n) is 4.06. The molecule has 1 aromatic carbocycles. The van der Waals surface area contributed by atoms with E-state index in [4.69, 9.17) is 5.11 Å². The molecule has 1 fully saturated rings. The molecule has 3 atom stereocenters. The number of aliphatic hydroxyl groups excluding tert-OH is 1. The van der Waals surface area contributed by atoms with E-state index in [9.17, 15) is 14.7 Å². The zero-order chi connectivity index (χ0) is 20.4. The first kappa shape index (κ1) is 22.4. The summed E-state index contributed by atoms with van der Waals surface area (Å²) in [6.45, 7) is 2.15. The molecule has 0 unspecified atom stereocenters. The maximum atomic E-state index is 12.4. The molecular formula is C24H34O4. The summed E-state index contributed by atoms with van der Waals surface area (Å²) in [6.07, 6.45) is 11.8. The lowest BCUT2D eigenvalue weighted by Gasteiger charge is -2.18. The molecular weight excluding hydrogens is 352 g/mol. The summed E-state index contributed by atoms with van der Waals surface area (Å²) < 4.78 is 0. The van der Waals surface area contributed by atoms with E-state index in [1.807, 2.05) is 30.3 Å². The average Bonchev–Trinajstić information content (AvgIpc) is 3.05. The van der Waals surface area contributed by atoms with Gasteiger partial charge in [-0.3, -0.25) is 9.59 Å². The van der Waals surface area contributed by atoms with Crippen LogP contribution in [0.15, 0.2) is 36.4 Å². The van der Waals surface area contributed by atoms with Gasteiger partial charge < -0.3 is 10.2 Å². The first-order chi connectivity index (χ1) is 13.5. The van der Waals surface area contributed by atoms with Gasteiger partial charge in [0.2, 0.25) is 0 Å². The van der Waals surface area contributed by atoms with Crippen LogP contribution >= 0.6 is 0 Å². The molecule has 0 radical (unpaired) electrons. The number of allylic oxidation sites excluding steroid dienone is 2. The fraction of sp³-hybridized carbons (Fsp3) is 0.583. The molecule has 0 amide bonds. The summed E-state index contributed by atoms with van der Waals surface area (Å²) in [5.41, 5.74) is 1.98. The van der Waals surface area contributed by atoms with Gasteiger partial charge in [0.05, 0.1) is 6.10 Å². The van der Waals surface area contributed by atoms with Crippen LogP contribution in [0.25, 0.3) is 0 Å². The third-order valence-electron chi connectivity index (χ3n) is 5.71. The molecule has 4 heteroatoms. The minimum Gasteiger partial charge on any atom is -0.481 e. The minimum absolute atomic E-state index is 0.0602. The number of hydrogen-bond donors (Lipinski definition) is 2. The molecule has 0 saturated heterocycles. The van der Waals surface area contributed by atoms with Crippen molar-refractivity contribution in [1.82, 2.24) is 0 Å². The number of carboxylic acids is 1. The Hall–Kier alpha value is -1.94. The van der Waals surface area contributed by atoms with Crippen LogP contribution in [0.3, 0.4) is 0 Å². The number of aliphatic hydroxyl groups is 1. The van der Waals surface area contributed by atoms with Gasteiger partial charge >= 0.3 is 5.97 Å². The SMILES string of the molecule is CCCCC[C@@H](O)c1ccc([C@H]2C(=O)CC[C@@H]2C/C=C\CCCC(=O)O)cc1. The van der Waals surface area contributed by atoms with Gasteiger partial charge in [-0.2, -0.15) is 0 Å². The van der Waals surface area contributed by atoms with Gasteiger partial charge in [-0.05, 0) is 49.1 Å². The lowest BCUT2D eigenvalue weighted by atomic mass is 9.85. The van der Waals surface area contributed by atoms with Crippen LogP contribution in [0.4, 0.5) is 0 Å². The maximum absolute atomic E-state index is 12.4. The van der Waals surface area contributed by atoms with Crippen molar-refractivity contribution in [3.63, 3.8) is 0 Å². The van der Waals surface area contributed by atoms with Gasteiger partial charge in [0.1, 0.15) is 5.78 Å². The number of hydrogen-bond acceptors (Lipinski definition) is 3. The third-order valence-corrected chi connectivity index (χ3v) is 5.71. The number of carboxylic acid groups (broad SMARTS) is 1. The predicted molar refractivity (Wildman–Crippen MR) is 111 cm³/mol. The number of carbonyl (C=O) groups is 2. The first-order valence-electron chi connectivity index (χ1n) is 10.7. The molecule has 0 aromatic heterocycles. The third kappa shape index (κ3) is 6.90. The summed E-state index contributed by atoms with van der Waals surface area (Å²) in [6, 6.07) is 7.96. The molecule has 0 aliphatic heterocycles. The number of ketones is 1. The first-order valence-corrected chi connectivity index (χ1v) is 10.7. The number of aliphatic carboxylic acids is 1. The Labute approximate surface area is 168 Å². The Kier molecular flexibility index (Phi) is 9.42. The van der Waals surface area contributed by atoms with Gasteiger partial charge in [0.25, 0.3) is 0 Å². The number of Topliss-reactive ketones (excluding diaryl/α,β-unsaturated/α-hetero) is 1. The Morgan fingerprint density at radius 1 is 1.18 bits per heavy atom. The van der Waals surface area contributed by atoms with Crippen molar-refractivity contribution in [2.75, 3.05) is 0 Å². The van der Waals surface area contributed by atoms with Gasteiger partial charge in [-0.1, -0.05) is 62.6 Å². The number of carbonyl (C=O) groups excluding carboxylic acids is 1. The summed E-state index contributed by atoms with van der Waals surface area (Å²) in [5.74, 6) is -0.201. The lowest BCUT2D eigenvalue weighted by Crippen LogP contribution is -2.12. The summed E-state index contributed by atoms with van der Waals surface area (Å²) in [7, 11) is 0. The van der Waals surface area contributed by atoms with Crippen LogP contribution in [0.1, 0.15) is 94.3 Å². The largest absolute Gasteiger partial charge is 0.481 e. The zero-order valence-electron chi connectivity index (χ0n) is 17.0. The van der Waals surface area contributed by atoms with E-state index in [0.717, 1.165) is 56.1 Å². The average molecular weight is 387 g/mol. The van der Waals surface area contributed by atoms with Crippen molar-refractivity contribution >= 4 is 11.8 Å². The second kappa shape index (κ2) is 11.8. The molecule has 2 rings (SSSR count). The molecule has 1 aromatic rings. The number of rotatable bonds is 12. The molecule has 0 heterocycles. The highest BCUT2D eigenvalue weighted by atomic mass is 16.4. The van der Waals surface area contributed by atoms with Crippen molar-refractivity contribution in [3.8, 4) is 0 Å². The van der Waals surface area contributed by atoms with Gasteiger partial charge in [-0.25, -0.2) is 0 Å². The van der Waals surface area contributed by atoms with E-state index in [0.29, 0.717) is 24.5 Å². The van der Waals surface area contributed by atoms with Crippen LogP contribution in [0.2, 0.25) is 0 Å². The highest BCUT2D eigenvalue weighted by Gasteiger charge is 2.34. The molecule has 1 aliphatic rings. The highest BCUT2D eigenvalue weighted by Crippen LogP contribution is 2.39. The molecule has 28 heavy (non-hydrogen) atoms. The number of unbranched alkanes of at least 4 members (excludes halogenated alkanes) is 3. The topological polar surface area (TPSA) is 74.6 Å². The second-order valence-electron chi connectivity index (χ2n) is 7.91. The summed E-state index contributed by atoms with van der Waals surface area (Å²) in [5, 5.41) is 19.0. The standard InChI is InChI=1S/C24H34O4/c1-2-3-6-10-21(25)18-12-14-20(15-13-18)24-19(16-17-22(24)26)9-7-4-5-8-11-23(27)28/h4,7,12-15,19,21,24-25H,2-3,5-6,8-11,16-17H2,1H3,(H,27,28)/b7-4-/t19-,21+,24-/m0/s1. The van der Waals surface area contributed by atoms with Gasteiger partial charge in [0.15, 0.2) is 0 Å². The van der Waals surface area contributed by atoms with Crippen LogP contribution < -0.4 is 0 Å². The van der Waals surface area contributed by atoms with Crippen LogP contribution in [-0.4, -0.2) is 22.0 Å². The molecule has 1 saturated carbocycles. The number of benzene rings is 1. The van der Waals surface area contributed by atoms with E-state index in [2.05, 4.69) is 13.0 Å². The van der Waals surface area contributed by atoms with Crippen LogP contribution in [0, 0.1) is 5.92 Å². The summed E-state index contributed by atoms with van der Waals surface area (Å²) >= 11 is 0. The van der Waals surface area contributed by atoms with E-state index in [-0.39, 0.29) is 12.3 Å². The second-order valence-corrected chi connectivity index (χ2v) is 7.91. The summed E-state index contributed by atoms with van der Waals surface area (Å²) in [4.78, 5) is 23.0. The van der Waals surface area contributed by atoms with E-state index < -0.39 is 12.1 Å². The lowest BCUT2D eigenvalue weighted by molar-refractivity contribution is -0.137. The predicted octanol–water partition coefficient (Wildman–Crippen LogP) is 5.56. The Balaban J connectivity index is 1.91.